The largest absolute Gasteiger partial charge is 0.388 e. The molecule has 0 aliphatic carbocycles. The molecule has 6 heteroatoms. The summed E-state index contributed by atoms with van der Waals surface area (Å²) in [6.07, 6.45) is -1.33. The van der Waals surface area contributed by atoms with Crippen molar-refractivity contribution in [2.24, 2.45) is 11.7 Å². The van der Waals surface area contributed by atoms with Crippen LogP contribution in [0.25, 0.3) is 0 Å². The van der Waals surface area contributed by atoms with Gasteiger partial charge in [0.15, 0.2) is 0 Å². The van der Waals surface area contributed by atoms with E-state index in [1.807, 2.05) is 13.8 Å². The van der Waals surface area contributed by atoms with Gasteiger partial charge in [0.1, 0.15) is 5.82 Å². The summed E-state index contributed by atoms with van der Waals surface area (Å²) in [6, 6.07) is 5.45. The predicted octanol–water partition coefficient (Wildman–Crippen LogP) is 1.22. The minimum Gasteiger partial charge on any atom is -0.388 e. The lowest BCUT2D eigenvalue weighted by Gasteiger charge is -2.24. The Bertz CT molecular complexity index is 505. The summed E-state index contributed by atoms with van der Waals surface area (Å²) in [5.41, 5.74) is 5.45. The summed E-state index contributed by atoms with van der Waals surface area (Å²) >= 11 is 0. The standard InChI is InChI=1S/C15H21FN2O3/c1-10(2)8-18(9-14(17)20)15(21)7-13(19)11-4-3-5-12(16)6-11/h3-6,10,13,19H,7-9H2,1-2H3,(H2,17,20). The van der Waals surface area contributed by atoms with E-state index in [1.54, 1.807) is 6.07 Å². The first-order chi connectivity index (χ1) is 9.79. The van der Waals surface area contributed by atoms with Crippen molar-refractivity contribution in [2.45, 2.75) is 26.4 Å². The molecule has 0 bridgehead atoms. The Labute approximate surface area is 123 Å². The number of hydrogen-bond acceptors (Lipinski definition) is 3. The molecule has 1 aromatic carbocycles. The van der Waals surface area contributed by atoms with Crippen LogP contribution in [0.4, 0.5) is 4.39 Å². The normalized spacial score (nSPS) is 12.2. The van der Waals surface area contributed by atoms with Crippen molar-refractivity contribution in [2.75, 3.05) is 13.1 Å². The lowest BCUT2D eigenvalue weighted by Crippen LogP contribution is -2.41. The first-order valence-electron chi connectivity index (χ1n) is 6.79. The number of aliphatic hydroxyl groups is 1. The average Bonchev–Trinajstić information content (AvgIpc) is 2.36. The lowest BCUT2D eigenvalue weighted by molar-refractivity contribution is -0.137. The second-order valence-corrected chi connectivity index (χ2v) is 5.41. The van der Waals surface area contributed by atoms with E-state index in [0.717, 1.165) is 0 Å². The zero-order valence-electron chi connectivity index (χ0n) is 12.3. The second-order valence-electron chi connectivity index (χ2n) is 5.41. The number of carbonyl (C=O) groups excluding carboxylic acids is 2. The van der Waals surface area contributed by atoms with Crippen LogP contribution in [0.2, 0.25) is 0 Å². The molecular formula is C15H21FN2O3. The zero-order chi connectivity index (χ0) is 16.0. The molecule has 0 saturated carbocycles. The highest BCUT2D eigenvalue weighted by Gasteiger charge is 2.21. The van der Waals surface area contributed by atoms with Gasteiger partial charge in [-0.15, -0.1) is 0 Å². The summed E-state index contributed by atoms with van der Waals surface area (Å²) in [5.74, 6) is -1.31. The molecule has 1 unspecified atom stereocenters. The second kappa shape index (κ2) is 7.73. The Morgan fingerprint density at radius 3 is 2.57 bits per heavy atom. The van der Waals surface area contributed by atoms with Crippen molar-refractivity contribution in [3.05, 3.63) is 35.6 Å². The van der Waals surface area contributed by atoms with Crippen molar-refractivity contribution in [3.8, 4) is 0 Å². The van der Waals surface area contributed by atoms with Crippen molar-refractivity contribution in [1.29, 1.82) is 0 Å². The van der Waals surface area contributed by atoms with E-state index in [-0.39, 0.29) is 24.8 Å². The fourth-order valence-corrected chi connectivity index (χ4v) is 2.01. The highest BCUT2D eigenvalue weighted by atomic mass is 19.1. The summed E-state index contributed by atoms with van der Waals surface area (Å²) in [7, 11) is 0. The van der Waals surface area contributed by atoms with Gasteiger partial charge in [0, 0.05) is 6.54 Å². The maximum Gasteiger partial charge on any atom is 0.237 e. The molecule has 0 spiro atoms. The van der Waals surface area contributed by atoms with E-state index in [0.29, 0.717) is 12.1 Å². The molecule has 1 aromatic rings. The molecule has 3 N–H and O–H groups in total. The molecule has 1 rings (SSSR count). The quantitative estimate of drug-likeness (QED) is 0.793. The number of amides is 2. The number of nitrogens with two attached hydrogens (primary N) is 1. The summed E-state index contributed by atoms with van der Waals surface area (Å²) in [5, 5.41) is 10.0. The van der Waals surface area contributed by atoms with E-state index in [2.05, 4.69) is 0 Å². The van der Waals surface area contributed by atoms with Gasteiger partial charge in [0.25, 0.3) is 0 Å². The van der Waals surface area contributed by atoms with Gasteiger partial charge in [0.2, 0.25) is 11.8 Å². The first kappa shape index (κ1) is 17.1. The van der Waals surface area contributed by atoms with E-state index in [4.69, 9.17) is 5.73 Å². The average molecular weight is 296 g/mol. The Kier molecular flexibility index (Phi) is 6.30. The molecule has 0 heterocycles. The van der Waals surface area contributed by atoms with Crippen molar-refractivity contribution >= 4 is 11.8 Å². The monoisotopic (exact) mass is 296 g/mol. The third-order valence-electron chi connectivity index (χ3n) is 2.89. The van der Waals surface area contributed by atoms with Crippen LogP contribution in [0.1, 0.15) is 31.9 Å². The van der Waals surface area contributed by atoms with Crippen LogP contribution in [-0.2, 0) is 9.59 Å². The molecule has 21 heavy (non-hydrogen) atoms. The number of aliphatic hydroxyl groups excluding tert-OH is 1. The van der Waals surface area contributed by atoms with Crippen LogP contribution in [0.15, 0.2) is 24.3 Å². The minimum atomic E-state index is -1.12. The van der Waals surface area contributed by atoms with Crippen LogP contribution < -0.4 is 5.73 Å². The van der Waals surface area contributed by atoms with E-state index in [1.165, 1.54) is 23.1 Å². The van der Waals surface area contributed by atoms with Gasteiger partial charge in [-0.2, -0.15) is 0 Å². The van der Waals surface area contributed by atoms with Crippen molar-refractivity contribution in [1.82, 2.24) is 4.90 Å². The van der Waals surface area contributed by atoms with Crippen LogP contribution in [0, 0.1) is 11.7 Å². The molecule has 0 radical (unpaired) electrons. The third kappa shape index (κ3) is 5.91. The SMILES string of the molecule is CC(C)CN(CC(N)=O)C(=O)CC(O)c1cccc(F)c1. The number of halogens is 1. The third-order valence-corrected chi connectivity index (χ3v) is 2.89. The van der Waals surface area contributed by atoms with Gasteiger partial charge >= 0.3 is 0 Å². The van der Waals surface area contributed by atoms with Gasteiger partial charge < -0.3 is 15.7 Å². The zero-order valence-corrected chi connectivity index (χ0v) is 12.3. The van der Waals surface area contributed by atoms with Crippen LogP contribution in [0.3, 0.4) is 0 Å². The number of carbonyl (C=O) groups is 2. The molecule has 2 amide bonds. The summed E-state index contributed by atoms with van der Waals surface area (Å²) in [4.78, 5) is 24.5. The van der Waals surface area contributed by atoms with Crippen LogP contribution >= 0.6 is 0 Å². The molecule has 5 nitrogen and oxygen atoms in total. The Balaban J connectivity index is 2.73. The highest BCUT2D eigenvalue weighted by molar-refractivity contribution is 5.84. The lowest BCUT2D eigenvalue weighted by atomic mass is 10.1. The Morgan fingerprint density at radius 1 is 1.38 bits per heavy atom. The van der Waals surface area contributed by atoms with Crippen LogP contribution in [0.5, 0.6) is 0 Å². The van der Waals surface area contributed by atoms with Gasteiger partial charge in [-0.25, -0.2) is 4.39 Å². The number of primary amides is 1. The molecule has 0 saturated heterocycles. The molecule has 1 atom stereocenters. The Morgan fingerprint density at radius 2 is 2.05 bits per heavy atom. The molecular weight excluding hydrogens is 275 g/mol. The number of nitrogens with zero attached hydrogens (tertiary/aromatic N) is 1. The molecule has 0 aliphatic heterocycles. The van der Waals surface area contributed by atoms with Crippen LogP contribution in [-0.4, -0.2) is 34.9 Å². The van der Waals surface area contributed by atoms with Gasteiger partial charge in [0.05, 0.1) is 19.1 Å². The van der Waals surface area contributed by atoms with Gasteiger partial charge in [-0.1, -0.05) is 26.0 Å². The van der Waals surface area contributed by atoms with E-state index >= 15 is 0 Å². The fraction of sp³-hybridized carbons (Fsp3) is 0.467. The molecule has 0 fully saturated rings. The van der Waals surface area contributed by atoms with Crippen molar-refractivity contribution in [3.63, 3.8) is 0 Å². The topological polar surface area (TPSA) is 83.6 Å². The Hall–Kier alpha value is -1.95. The maximum absolute atomic E-state index is 13.1. The highest BCUT2D eigenvalue weighted by Crippen LogP contribution is 2.18. The first-order valence-corrected chi connectivity index (χ1v) is 6.79. The number of benzene rings is 1. The fourth-order valence-electron chi connectivity index (χ4n) is 2.01. The number of rotatable bonds is 7. The molecule has 0 aromatic heterocycles. The van der Waals surface area contributed by atoms with Gasteiger partial charge in [-0.05, 0) is 23.6 Å². The van der Waals surface area contributed by atoms with E-state index in [9.17, 15) is 19.1 Å². The van der Waals surface area contributed by atoms with Gasteiger partial charge in [-0.3, -0.25) is 9.59 Å². The summed E-state index contributed by atoms with van der Waals surface area (Å²) in [6.45, 7) is 4.00. The predicted molar refractivity (Wildman–Crippen MR) is 76.6 cm³/mol. The maximum atomic E-state index is 13.1. The smallest absolute Gasteiger partial charge is 0.237 e. The molecule has 116 valence electrons. The number of hydrogen-bond donors (Lipinski definition) is 2. The van der Waals surface area contributed by atoms with E-state index < -0.39 is 17.8 Å². The van der Waals surface area contributed by atoms with Crippen molar-refractivity contribution < 1.29 is 19.1 Å². The summed E-state index contributed by atoms with van der Waals surface area (Å²) < 4.78 is 13.1. The minimum absolute atomic E-state index is 0.166. The molecule has 0 aliphatic rings.